The number of anilines is 2. The Kier molecular flexibility index (Phi) is 2.90. The third kappa shape index (κ3) is 2.60. The molecule has 0 atom stereocenters. The zero-order valence-corrected chi connectivity index (χ0v) is 9.39. The molecule has 0 unspecified atom stereocenters. The molecule has 2 N–H and O–H groups in total. The topological polar surface area (TPSA) is 145 Å². The fourth-order valence-electron chi connectivity index (χ4n) is 0.985. The van der Waals surface area contributed by atoms with E-state index in [9.17, 15) is 9.59 Å². The number of nitrogens with zero attached hydrogens (tertiary/aromatic N) is 8. The molecule has 2 aromatic heterocycles. The van der Waals surface area contributed by atoms with E-state index >= 15 is 0 Å². The van der Waals surface area contributed by atoms with Gasteiger partial charge in [0.2, 0.25) is 0 Å². The highest BCUT2D eigenvalue weighted by molar-refractivity contribution is 6.43. The molecule has 2 aromatic rings. The van der Waals surface area contributed by atoms with Crippen LogP contribution >= 0.6 is 0 Å². The highest BCUT2D eigenvalue weighted by atomic mass is 16.2. The second-order valence-corrected chi connectivity index (χ2v) is 3.11. The molecule has 0 aliphatic heterocycles. The second-order valence-electron chi connectivity index (χ2n) is 3.11. The van der Waals surface area contributed by atoms with E-state index in [1.54, 1.807) is 0 Å². The standard InChI is InChI=1S/C6H8N10O2/c1-15-11-5(9-13-15)7-3(17)4(18)8-6-10-14-16(2)12-6/h1-2H3,(H,7,11,17)(H,8,12,18). The van der Waals surface area contributed by atoms with Gasteiger partial charge < -0.3 is 0 Å². The van der Waals surface area contributed by atoms with Gasteiger partial charge in [-0.15, -0.1) is 10.2 Å². The maximum atomic E-state index is 11.4. The van der Waals surface area contributed by atoms with Crippen molar-refractivity contribution in [3.63, 3.8) is 0 Å². The predicted molar refractivity (Wildman–Crippen MR) is 54.9 cm³/mol. The van der Waals surface area contributed by atoms with Crippen molar-refractivity contribution < 1.29 is 9.59 Å². The van der Waals surface area contributed by atoms with Gasteiger partial charge in [0.15, 0.2) is 0 Å². The summed E-state index contributed by atoms with van der Waals surface area (Å²) < 4.78 is 0. The van der Waals surface area contributed by atoms with Crippen molar-refractivity contribution in [2.24, 2.45) is 14.1 Å². The quantitative estimate of drug-likeness (QED) is 0.549. The van der Waals surface area contributed by atoms with Gasteiger partial charge in [0.05, 0.1) is 14.1 Å². The van der Waals surface area contributed by atoms with Crippen LogP contribution in [0.2, 0.25) is 0 Å². The molecule has 2 amide bonds. The van der Waals surface area contributed by atoms with E-state index in [1.165, 1.54) is 14.1 Å². The number of tetrazole rings is 2. The van der Waals surface area contributed by atoms with E-state index in [-0.39, 0.29) is 11.9 Å². The number of aryl methyl sites for hydroxylation is 2. The van der Waals surface area contributed by atoms with Crippen molar-refractivity contribution in [3.8, 4) is 0 Å². The fraction of sp³-hybridized carbons (Fsp3) is 0.333. The van der Waals surface area contributed by atoms with Gasteiger partial charge in [0.1, 0.15) is 0 Å². The molecule has 2 heterocycles. The Morgan fingerprint density at radius 2 is 1.28 bits per heavy atom. The lowest BCUT2D eigenvalue weighted by Crippen LogP contribution is -2.30. The number of carbonyl (C=O) groups excluding carboxylic acids is 2. The molecular formula is C6H8N10O2. The molecule has 94 valence electrons. The highest BCUT2D eigenvalue weighted by Gasteiger charge is 2.17. The van der Waals surface area contributed by atoms with E-state index in [0.29, 0.717) is 0 Å². The average Bonchev–Trinajstić information content (AvgIpc) is 2.88. The van der Waals surface area contributed by atoms with Gasteiger partial charge in [-0.2, -0.15) is 9.59 Å². The van der Waals surface area contributed by atoms with Crippen LogP contribution in [0.5, 0.6) is 0 Å². The molecule has 18 heavy (non-hydrogen) atoms. The third-order valence-electron chi connectivity index (χ3n) is 1.67. The summed E-state index contributed by atoms with van der Waals surface area (Å²) in [7, 11) is 3.04. The molecule has 0 saturated carbocycles. The second kappa shape index (κ2) is 4.52. The smallest absolute Gasteiger partial charge is 0.283 e. The molecule has 0 spiro atoms. The first-order valence-electron chi connectivity index (χ1n) is 4.65. The van der Waals surface area contributed by atoms with Gasteiger partial charge in [-0.05, 0) is 10.4 Å². The van der Waals surface area contributed by atoms with Crippen molar-refractivity contribution in [2.75, 3.05) is 10.6 Å². The van der Waals surface area contributed by atoms with E-state index in [1.807, 2.05) is 0 Å². The maximum Gasteiger partial charge on any atom is 0.316 e. The predicted octanol–water partition coefficient (Wildman–Crippen LogP) is -2.69. The Bertz CT molecular complexity index is 532. The van der Waals surface area contributed by atoms with Crippen LogP contribution < -0.4 is 10.6 Å². The molecule has 0 aliphatic rings. The Morgan fingerprint density at radius 1 is 0.889 bits per heavy atom. The molecule has 12 nitrogen and oxygen atoms in total. The first kappa shape index (κ1) is 11.6. The molecule has 0 radical (unpaired) electrons. The van der Waals surface area contributed by atoms with Crippen LogP contribution in [0.4, 0.5) is 11.9 Å². The normalized spacial score (nSPS) is 10.1. The molecule has 0 bridgehead atoms. The number of rotatable bonds is 2. The molecule has 0 aromatic carbocycles. The number of amides is 2. The van der Waals surface area contributed by atoms with Crippen LogP contribution in [0.1, 0.15) is 0 Å². The summed E-state index contributed by atoms with van der Waals surface area (Å²) in [6, 6.07) is 0. The summed E-state index contributed by atoms with van der Waals surface area (Å²) in [6.45, 7) is 0. The molecule has 0 fully saturated rings. The zero-order chi connectivity index (χ0) is 13.1. The largest absolute Gasteiger partial charge is 0.316 e. The van der Waals surface area contributed by atoms with E-state index in [4.69, 9.17) is 0 Å². The number of carbonyl (C=O) groups is 2. The number of nitrogens with one attached hydrogen (secondary N) is 2. The summed E-state index contributed by atoms with van der Waals surface area (Å²) in [6.07, 6.45) is 0. The van der Waals surface area contributed by atoms with Crippen molar-refractivity contribution in [1.82, 2.24) is 40.4 Å². The van der Waals surface area contributed by atoms with Crippen LogP contribution in [-0.2, 0) is 23.7 Å². The molecule has 0 aliphatic carbocycles. The van der Waals surface area contributed by atoms with Crippen LogP contribution in [0.3, 0.4) is 0 Å². The fourth-order valence-corrected chi connectivity index (χ4v) is 0.985. The SMILES string of the molecule is Cn1nnc(NC(=O)C(=O)Nc2nnn(C)n2)n1. The first-order chi connectivity index (χ1) is 8.54. The summed E-state index contributed by atoms with van der Waals surface area (Å²) in [5, 5.41) is 25.6. The minimum atomic E-state index is -0.963. The summed E-state index contributed by atoms with van der Waals surface area (Å²) in [5.74, 6) is -2.08. The average molecular weight is 252 g/mol. The molecular weight excluding hydrogens is 244 g/mol. The lowest BCUT2D eigenvalue weighted by atomic mass is 10.5. The van der Waals surface area contributed by atoms with Gasteiger partial charge in [-0.1, -0.05) is 10.2 Å². The number of aromatic nitrogens is 8. The maximum absolute atomic E-state index is 11.4. The summed E-state index contributed by atoms with van der Waals surface area (Å²) in [5.41, 5.74) is 0. The van der Waals surface area contributed by atoms with Gasteiger partial charge in [-0.25, -0.2) is 0 Å². The monoisotopic (exact) mass is 252 g/mol. The lowest BCUT2D eigenvalue weighted by Gasteiger charge is -1.98. The lowest BCUT2D eigenvalue weighted by molar-refractivity contribution is -0.133. The number of hydrogen-bond acceptors (Lipinski definition) is 8. The summed E-state index contributed by atoms with van der Waals surface area (Å²) in [4.78, 5) is 25.1. The van der Waals surface area contributed by atoms with Crippen molar-refractivity contribution in [2.45, 2.75) is 0 Å². The first-order valence-corrected chi connectivity index (χ1v) is 4.65. The van der Waals surface area contributed by atoms with E-state index in [0.717, 1.165) is 9.59 Å². The van der Waals surface area contributed by atoms with Gasteiger partial charge >= 0.3 is 11.8 Å². The molecule has 0 saturated heterocycles. The minimum Gasteiger partial charge on any atom is -0.283 e. The third-order valence-corrected chi connectivity index (χ3v) is 1.67. The number of hydrogen-bond donors (Lipinski definition) is 2. The van der Waals surface area contributed by atoms with Crippen molar-refractivity contribution in [3.05, 3.63) is 0 Å². The summed E-state index contributed by atoms with van der Waals surface area (Å²) >= 11 is 0. The van der Waals surface area contributed by atoms with Gasteiger partial charge in [0.25, 0.3) is 11.9 Å². The van der Waals surface area contributed by atoms with Gasteiger partial charge in [-0.3, -0.25) is 20.2 Å². The Morgan fingerprint density at radius 3 is 1.56 bits per heavy atom. The van der Waals surface area contributed by atoms with E-state index < -0.39 is 11.8 Å². The Hall–Kier alpha value is -2.92. The zero-order valence-electron chi connectivity index (χ0n) is 9.39. The van der Waals surface area contributed by atoms with Crippen LogP contribution in [-0.4, -0.2) is 52.2 Å². The minimum absolute atomic E-state index is 0.0789. The van der Waals surface area contributed by atoms with Gasteiger partial charge in [0, 0.05) is 0 Å². The van der Waals surface area contributed by atoms with Crippen LogP contribution in [0, 0.1) is 0 Å². The van der Waals surface area contributed by atoms with Crippen LogP contribution in [0.15, 0.2) is 0 Å². The molecule has 2 rings (SSSR count). The van der Waals surface area contributed by atoms with Crippen LogP contribution in [0.25, 0.3) is 0 Å². The molecule has 12 heteroatoms. The van der Waals surface area contributed by atoms with E-state index in [2.05, 4.69) is 41.5 Å². The Labute approximate surface area is 99.3 Å². The van der Waals surface area contributed by atoms with Crippen molar-refractivity contribution in [1.29, 1.82) is 0 Å². The van der Waals surface area contributed by atoms with Crippen molar-refractivity contribution >= 4 is 23.7 Å². The Balaban J connectivity index is 1.95. The highest BCUT2D eigenvalue weighted by Crippen LogP contribution is 1.95.